The third kappa shape index (κ3) is 5.13. The summed E-state index contributed by atoms with van der Waals surface area (Å²) in [5, 5.41) is 11.0. The average Bonchev–Trinajstić information content (AvgIpc) is 2.29. The Morgan fingerprint density at radius 1 is 1.53 bits per heavy atom. The maximum absolute atomic E-state index is 13.2. The molecule has 1 aromatic rings. The molecule has 0 radical (unpaired) electrons. The van der Waals surface area contributed by atoms with Crippen molar-refractivity contribution in [2.24, 2.45) is 5.73 Å². The smallest absolute Gasteiger partial charge is 0.405 e. The Morgan fingerprint density at radius 3 is 2.79 bits per heavy atom. The fourth-order valence-corrected chi connectivity index (χ4v) is 1.61. The summed E-state index contributed by atoms with van der Waals surface area (Å²) < 4.78 is 18.8. The molecule has 5 nitrogen and oxygen atoms in total. The number of carbonyl (C=O) groups is 1. The summed E-state index contributed by atoms with van der Waals surface area (Å²) in [5.74, 6) is 0.0249. The first kappa shape index (κ1) is 15.2. The Hall–Kier alpha value is -1.82. The second-order valence-electron chi connectivity index (χ2n) is 4.47. The SMILES string of the molecule is C[C@@H](N)CCOc1ccc(F)cc1[C@@H](C)NC(=O)O. The van der Waals surface area contributed by atoms with Crippen LogP contribution in [0.5, 0.6) is 5.75 Å². The van der Waals surface area contributed by atoms with Crippen molar-refractivity contribution in [3.05, 3.63) is 29.6 Å². The number of hydrogen-bond acceptors (Lipinski definition) is 3. The molecule has 0 saturated heterocycles. The highest BCUT2D eigenvalue weighted by atomic mass is 19.1. The molecule has 0 saturated carbocycles. The van der Waals surface area contributed by atoms with E-state index in [0.29, 0.717) is 24.3 Å². The summed E-state index contributed by atoms with van der Waals surface area (Å²) in [6, 6.07) is 3.49. The van der Waals surface area contributed by atoms with Crippen molar-refractivity contribution >= 4 is 6.09 Å². The largest absolute Gasteiger partial charge is 0.493 e. The Bertz CT molecular complexity index is 438. The number of halogens is 1. The number of hydrogen-bond donors (Lipinski definition) is 3. The molecular weight excluding hydrogens is 251 g/mol. The maximum Gasteiger partial charge on any atom is 0.405 e. The van der Waals surface area contributed by atoms with Crippen LogP contribution in [0, 0.1) is 5.82 Å². The summed E-state index contributed by atoms with van der Waals surface area (Å²) in [4.78, 5) is 10.6. The van der Waals surface area contributed by atoms with E-state index >= 15 is 0 Å². The lowest BCUT2D eigenvalue weighted by molar-refractivity contribution is 0.190. The van der Waals surface area contributed by atoms with Gasteiger partial charge in [-0.3, -0.25) is 0 Å². The monoisotopic (exact) mass is 270 g/mol. The molecule has 0 spiro atoms. The van der Waals surface area contributed by atoms with Gasteiger partial charge < -0.3 is 20.9 Å². The molecule has 1 aromatic carbocycles. The molecule has 1 amide bonds. The molecule has 0 aliphatic carbocycles. The van der Waals surface area contributed by atoms with Crippen molar-refractivity contribution in [1.82, 2.24) is 5.32 Å². The summed E-state index contributed by atoms with van der Waals surface area (Å²) in [6.07, 6.45) is -0.504. The topological polar surface area (TPSA) is 84.6 Å². The normalized spacial score (nSPS) is 13.7. The number of nitrogens with one attached hydrogen (secondary N) is 1. The highest BCUT2D eigenvalue weighted by molar-refractivity contribution is 5.65. The van der Waals surface area contributed by atoms with Gasteiger partial charge in [-0.05, 0) is 38.5 Å². The molecule has 0 aliphatic rings. The van der Waals surface area contributed by atoms with Crippen molar-refractivity contribution in [3.8, 4) is 5.75 Å². The standard InChI is InChI=1S/C13H19FN2O3/c1-8(15)5-6-19-12-4-3-10(14)7-11(12)9(2)16-13(17)18/h3-4,7-9,16H,5-6,15H2,1-2H3,(H,17,18)/t8-,9-/m1/s1. The van der Waals surface area contributed by atoms with Crippen LogP contribution in [0.15, 0.2) is 18.2 Å². The van der Waals surface area contributed by atoms with Gasteiger partial charge in [0.15, 0.2) is 0 Å². The van der Waals surface area contributed by atoms with Crippen LogP contribution in [-0.2, 0) is 0 Å². The molecule has 0 fully saturated rings. The van der Waals surface area contributed by atoms with Gasteiger partial charge in [0.05, 0.1) is 12.6 Å². The minimum absolute atomic E-state index is 0.0125. The lowest BCUT2D eigenvalue weighted by Crippen LogP contribution is -2.25. The van der Waals surface area contributed by atoms with E-state index < -0.39 is 18.0 Å². The Labute approximate surface area is 111 Å². The summed E-state index contributed by atoms with van der Waals surface area (Å²) in [5.41, 5.74) is 6.08. The van der Waals surface area contributed by atoms with Gasteiger partial charge >= 0.3 is 6.09 Å². The van der Waals surface area contributed by atoms with E-state index in [9.17, 15) is 9.18 Å². The lowest BCUT2D eigenvalue weighted by atomic mass is 10.1. The fourth-order valence-electron chi connectivity index (χ4n) is 1.61. The van der Waals surface area contributed by atoms with Gasteiger partial charge in [-0.15, -0.1) is 0 Å². The minimum Gasteiger partial charge on any atom is -0.493 e. The quantitative estimate of drug-likeness (QED) is 0.740. The molecule has 0 heterocycles. The molecule has 0 unspecified atom stereocenters. The Morgan fingerprint density at radius 2 is 2.21 bits per heavy atom. The highest BCUT2D eigenvalue weighted by Gasteiger charge is 2.15. The average molecular weight is 270 g/mol. The maximum atomic E-state index is 13.2. The summed E-state index contributed by atoms with van der Waals surface area (Å²) in [7, 11) is 0. The molecule has 106 valence electrons. The Kier molecular flexibility index (Phi) is 5.57. The molecule has 0 aromatic heterocycles. The van der Waals surface area contributed by atoms with Crippen molar-refractivity contribution in [3.63, 3.8) is 0 Å². The molecule has 0 aliphatic heterocycles. The molecule has 4 N–H and O–H groups in total. The van der Waals surface area contributed by atoms with Crippen LogP contribution in [0.1, 0.15) is 31.9 Å². The number of carboxylic acid groups (broad SMARTS) is 1. The predicted molar refractivity (Wildman–Crippen MR) is 69.7 cm³/mol. The number of rotatable bonds is 6. The molecule has 19 heavy (non-hydrogen) atoms. The van der Waals surface area contributed by atoms with Gasteiger partial charge in [0, 0.05) is 11.6 Å². The number of benzene rings is 1. The van der Waals surface area contributed by atoms with Crippen molar-refractivity contribution in [2.45, 2.75) is 32.4 Å². The van der Waals surface area contributed by atoms with Crippen molar-refractivity contribution < 1.29 is 19.0 Å². The van der Waals surface area contributed by atoms with Gasteiger partial charge in [-0.1, -0.05) is 0 Å². The van der Waals surface area contributed by atoms with E-state index in [1.54, 1.807) is 6.92 Å². The van der Waals surface area contributed by atoms with E-state index in [0.717, 1.165) is 0 Å². The van der Waals surface area contributed by atoms with Crippen LogP contribution in [0.4, 0.5) is 9.18 Å². The number of nitrogens with two attached hydrogens (primary N) is 1. The van der Waals surface area contributed by atoms with Gasteiger partial charge in [-0.25, -0.2) is 9.18 Å². The second kappa shape index (κ2) is 6.94. The second-order valence-corrected chi connectivity index (χ2v) is 4.47. The first-order valence-corrected chi connectivity index (χ1v) is 6.07. The van der Waals surface area contributed by atoms with Gasteiger partial charge in [-0.2, -0.15) is 0 Å². The molecule has 1 rings (SSSR count). The van der Waals surface area contributed by atoms with E-state index in [2.05, 4.69) is 5.32 Å². The van der Waals surface area contributed by atoms with Crippen LogP contribution < -0.4 is 15.8 Å². The van der Waals surface area contributed by atoms with Gasteiger partial charge in [0.2, 0.25) is 0 Å². The van der Waals surface area contributed by atoms with Crippen LogP contribution >= 0.6 is 0 Å². The first-order chi connectivity index (χ1) is 8.90. The summed E-state index contributed by atoms with van der Waals surface area (Å²) >= 11 is 0. The minimum atomic E-state index is -1.17. The van der Waals surface area contributed by atoms with E-state index in [-0.39, 0.29) is 6.04 Å². The number of ether oxygens (including phenoxy) is 1. The molecule has 2 atom stereocenters. The van der Waals surface area contributed by atoms with E-state index in [1.807, 2.05) is 6.92 Å². The van der Waals surface area contributed by atoms with Gasteiger partial charge in [0.25, 0.3) is 0 Å². The first-order valence-electron chi connectivity index (χ1n) is 6.07. The third-order valence-corrected chi connectivity index (χ3v) is 2.61. The number of amides is 1. The highest BCUT2D eigenvalue weighted by Crippen LogP contribution is 2.26. The zero-order valence-electron chi connectivity index (χ0n) is 11.0. The lowest BCUT2D eigenvalue weighted by Gasteiger charge is -2.17. The van der Waals surface area contributed by atoms with Crippen molar-refractivity contribution in [1.29, 1.82) is 0 Å². The fraction of sp³-hybridized carbons (Fsp3) is 0.462. The van der Waals surface area contributed by atoms with E-state index in [4.69, 9.17) is 15.6 Å². The third-order valence-electron chi connectivity index (χ3n) is 2.61. The summed E-state index contributed by atoms with van der Waals surface area (Å²) in [6.45, 7) is 3.89. The van der Waals surface area contributed by atoms with Gasteiger partial charge in [0.1, 0.15) is 11.6 Å². The van der Waals surface area contributed by atoms with Crippen LogP contribution in [0.2, 0.25) is 0 Å². The molecular formula is C13H19FN2O3. The van der Waals surface area contributed by atoms with E-state index in [1.165, 1.54) is 18.2 Å². The zero-order chi connectivity index (χ0) is 14.4. The van der Waals surface area contributed by atoms with Crippen molar-refractivity contribution in [2.75, 3.05) is 6.61 Å². The predicted octanol–water partition coefficient (Wildman–Crippen LogP) is 2.27. The molecule has 0 bridgehead atoms. The Balaban J connectivity index is 2.81. The molecule has 6 heteroatoms. The van der Waals surface area contributed by atoms with Crippen LogP contribution in [0.3, 0.4) is 0 Å². The zero-order valence-corrected chi connectivity index (χ0v) is 11.0. The van der Waals surface area contributed by atoms with Crippen LogP contribution in [-0.4, -0.2) is 23.8 Å². The van der Waals surface area contributed by atoms with Crippen LogP contribution in [0.25, 0.3) is 0 Å².